The van der Waals surface area contributed by atoms with Gasteiger partial charge in [-0.3, -0.25) is 9.59 Å². The monoisotopic (exact) mass is 322 g/mol. The lowest BCUT2D eigenvalue weighted by Crippen LogP contribution is -2.40. The summed E-state index contributed by atoms with van der Waals surface area (Å²) in [4.78, 5) is 25.7. The Hall–Kier alpha value is -1.14. The molecular weight excluding hydrogens is 304 g/mol. The molecule has 1 aromatic rings. The highest BCUT2D eigenvalue weighted by atomic mass is 32.2. The Morgan fingerprint density at radius 3 is 2.71 bits per heavy atom. The number of rotatable bonds is 4. The lowest BCUT2D eigenvalue weighted by Gasteiger charge is -2.21. The Labute approximate surface area is 132 Å². The highest BCUT2D eigenvalue weighted by Gasteiger charge is 2.54. The quantitative estimate of drug-likeness (QED) is 0.922. The molecule has 3 rings (SSSR count). The number of thioether (sulfide) groups is 2. The molecule has 2 aliphatic heterocycles. The molecule has 21 heavy (non-hydrogen) atoms. The molecule has 112 valence electrons. The van der Waals surface area contributed by atoms with Gasteiger partial charge in [0.2, 0.25) is 5.91 Å². The normalized spacial score (nSPS) is 19.3. The van der Waals surface area contributed by atoms with Gasteiger partial charge in [0.05, 0.1) is 5.69 Å². The van der Waals surface area contributed by atoms with Crippen LogP contribution in [0.25, 0.3) is 0 Å². The van der Waals surface area contributed by atoms with Crippen LogP contribution in [0.1, 0.15) is 24.5 Å². The van der Waals surface area contributed by atoms with Crippen molar-refractivity contribution in [1.82, 2.24) is 0 Å². The van der Waals surface area contributed by atoms with Crippen molar-refractivity contribution in [1.29, 1.82) is 0 Å². The van der Waals surface area contributed by atoms with Crippen LogP contribution in [-0.4, -0.2) is 29.9 Å². The van der Waals surface area contributed by atoms with E-state index in [4.69, 9.17) is 5.73 Å². The van der Waals surface area contributed by atoms with E-state index >= 15 is 0 Å². The summed E-state index contributed by atoms with van der Waals surface area (Å²) in [5.74, 6) is 1.44. The maximum absolute atomic E-state index is 12.9. The van der Waals surface area contributed by atoms with E-state index in [0.717, 1.165) is 35.6 Å². The first-order valence-corrected chi connectivity index (χ1v) is 9.07. The van der Waals surface area contributed by atoms with Crippen molar-refractivity contribution in [2.24, 2.45) is 5.73 Å². The number of aryl methyl sites for hydroxylation is 1. The average molecular weight is 322 g/mol. The standard InChI is InChI=1S/C15H18N2O2S2/c1-2-3-10-4-5-12-11(8-10)15(20-6-7-21-15)14(19)17(12)9-13(16)18/h4-5,8H,2-3,6-7,9H2,1H3,(H2,16,18). The van der Waals surface area contributed by atoms with Gasteiger partial charge in [0.15, 0.2) is 4.08 Å². The van der Waals surface area contributed by atoms with Crippen molar-refractivity contribution in [2.75, 3.05) is 23.0 Å². The first-order chi connectivity index (χ1) is 10.1. The Bertz CT molecular complexity index is 597. The molecule has 1 fully saturated rings. The molecular formula is C15H18N2O2S2. The zero-order chi connectivity index (χ0) is 15.0. The Morgan fingerprint density at radius 2 is 2.10 bits per heavy atom. The fraction of sp³-hybridized carbons (Fsp3) is 0.467. The number of amides is 2. The minimum absolute atomic E-state index is 0.00236. The van der Waals surface area contributed by atoms with Crippen molar-refractivity contribution in [2.45, 2.75) is 23.8 Å². The molecule has 0 radical (unpaired) electrons. The second-order valence-corrected chi connectivity index (χ2v) is 8.15. The van der Waals surface area contributed by atoms with E-state index in [-0.39, 0.29) is 12.5 Å². The minimum Gasteiger partial charge on any atom is -0.368 e. The molecule has 2 amide bonds. The van der Waals surface area contributed by atoms with Gasteiger partial charge < -0.3 is 10.6 Å². The Balaban J connectivity index is 2.08. The second-order valence-electron chi connectivity index (χ2n) is 5.27. The van der Waals surface area contributed by atoms with Gasteiger partial charge in [-0.25, -0.2) is 0 Å². The number of fused-ring (bicyclic) bond motifs is 2. The van der Waals surface area contributed by atoms with Crippen LogP contribution < -0.4 is 10.6 Å². The molecule has 0 atom stereocenters. The molecule has 0 aromatic heterocycles. The predicted octanol–water partition coefficient (Wildman–Crippen LogP) is 2.10. The molecule has 4 nitrogen and oxygen atoms in total. The van der Waals surface area contributed by atoms with Crippen LogP contribution in [0.4, 0.5) is 5.69 Å². The lowest BCUT2D eigenvalue weighted by molar-refractivity contribution is -0.122. The first kappa shape index (κ1) is 14.8. The van der Waals surface area contributed by atoms with Crippen molar-refractivity contribution in [3.05, 3.63) is 29.3 Å². The van der Waals surface area contributed by atoms with Crippen LogP contribution in [0.5, 0.6) is 0 Å². The number of benzene rings is 1. The Kier molecular flexibility index (Phi) is 3.92. The number of anilines is 1. The molecule has 1 spiro atoms. The fourth-order valence-corrected chi connectivity index (χ4v) is 6.11. The molecule has 2 N–H and O–H groups in total. The molecule has 0 bridgehead atoms. The lowest BCUT2D eigenvalue weighted by atomic mass is 10.0. The maximum atomic E-state index is 12.9. The van der Waals surface area contributed by atoms with E-state index in [2.05, 4.69) is 13.0 Å². The smallest absolute Gasteiger partial charge is 0.258 e. The highest BCUT2D eigenvalue weighted by molar-refractivity contribution is 8.21. The van der Waals surface area contributed by atoms with E-state index in [1.165, 1.54) is 5.56 Å². The molecule has 1 aromatic carbocycles. The summed E-state index contributed by atoms with van der Waals surface area (Å²) in [6, 6.07) is 6.16. The van der Waals surface area contributed by atoms with Crippen LogP contribution in [0.2, 0.25) is 0 Å². The summed E-state index contributed by atoms with van der Waals surface area (Å²) in [7, 11) is 0. The zero-order valence-corrected chi connectivity index (χ0v) is 13.6. The van der Waals surface area contributed by atoms with Crippen LogP contribution >= 0.6 is 23.5 Å². The second kappa shape index (κ2) is 5.57. The van der Waals surface area contributed by atoms with Gasteiger partial charge in [0, 0.05) is 17.1 Å². The topological polar surface area (TPSA) is 63.4 Å². The van der Waals surface area contributed by atoms with Crippen molar-refractivity contribution in [3.63, 3.8) is 0 Å². The van der Waals surface area contributed by atoms with E-state index in [1.54, 1.807) is 28.4 Å². The molecule has 2 heterocycles. The van der Waals surface area contributed by atoms with Gasteiger partial charge in [-0.05, 0) is 18.1 Å². The van der Waals surface area contributed by atoms with E-state index < -0.39 is 9.99 Å². The zero-order valence-electron chi connectivity index (χ0n) is 11.9. The number of carbonyl (C=O) groups excluding carboxylic acids is 2. The van der Waals surface area contributed by atoms with Crippen molar-refractivity contribution < 1.29 is 9.59 Å². The maximum Gasteiger partial charge on any atom is 0.258 e. The van der Waals surface area contributed by atoms with Gasteiger partial charge in [-0.15, -0.1) is 23.5 Å². The molecule has 1 saturated heterocycles. The number of nitrogens with two attached hydrogens (primary N) is 1. The van der Waals surface area contributed by atoms with E-state index in [9.17, 15) is 9.59 Å². The molecule has 2 aliphatic rings. The van der Waals surface area contributed by atoms with Crippen LogP contribution in [0, 0.1) is 0 Å². The van der Waals surface area contributed by atoms with Gasteiger partial charge in [-0.1, -0.05) is 25.5 Å². The Morgan fingerprint density at radius 1 is 1.38 bits per heavy atom. The largest absolute Gasteiger partial charge is 0.368 e. The highest BCUT2D eigenvalue weighted by Crippen LogP contribution is 2.59. The predicted molar refractivity (Wildman–Crippen MR) is 88.6 cm³/mol. The summed E-state index contributed by atoms with van der Waals surface area (Å²) >= 11 is 3.36. The summed E-state index contributed by atoms with van der Waals surface area (Å²) in [5, 5.41) is 0. The van der Waals surface area contributed by atoms with Crippen molar-refractivity contribution in [3.8, 4) is 0 Å². The van der Waals surface area contributed by atoms with Gasteiger partial charge >= 0.3 is 0 Å². The summed E-state index contributed by atoms with van der Waals surface area (Å²) < 4.78 is -0.561. The molecule has 0 aliphatic carbocycles. The first-order valence-electron chi connectivity index (χ1n) is 7.10. The third-order valence-corrected chi connectivity index (χ3v) is 7.16. The van der Waals surface area contributed by atoms with Crippen LogP contribution in [0.3, 0.4) is 0 Å². The SMILES string of the molecule is CCCc1ccc2c(c1)C1(SCCS1)C(=O)N2CC(N)=O. The number of primary amides is 1. The van der Waals surface area contributed by atoms with Crippen molar-refractivity contribution >= 4 is 41.0 Å². The summed E-state index contributed by atoms with van der Waals surface area (Å²) in [6.45, 7) is 2.11. The third kappa shape index (κ3) is 2.34. The average Bonchev–Trinajstić information content (AvgIpc) is 3.01. The number of carbonyl (C=O) groups is 2. The van der Waals surface area contributed by atoms with Gasteiger partial charge in [0.25, 0.3) is 5.91 Å². The van der Waals surface area contributed by atoms with Gasteiger partial charge in [0.1, 0.15) is 6.54 Å². The van der Waals surface area contributed by atoms with Gasteiger partial charge in [-0.2, -0.15) is 0 Å². The fourth-order valence-electron chi connectivity index (χ4n) is 2.93. The van der Waals surface area contributed by atoms with E-state index in [1.807, 2.05) is 12.1 Å². The number of hydrogen-bond donors (Lipinski definition) is 1. The number of hydrogen-bond acceptors (Lipinski definition) is 4. The summed E-state index contributed by atoms with van der Waals surface area (Å²) in [6.07, 6.45) is 2.08. The van der Waals surface area contributed by atoms with Crippen LogP contribution in [0.15, 0.2) is 18.2 Å². The summed E-state index contributed by atoms with van der Waals surface area (Å²) in [5.41, 5.74) is 8.45. The molecule has 6 heteroatoms. The number of nitrogens with zero attached hydrogens (tertiary/aromatic N) is 1. The van der Waals surface area contributed by atoms with Crippen LogP contribution in [-0.2, 0) is 20.1 Å². The molecule has 0 unspecified atom stereocenters. The minimum atomic E-state index is -0.561. The van der Waals surface area contributed by atoms with E-state index in [0.29, 0.717) is 0 Å². The third-order valence-electron chi connectivity index (χ3n) is 3.78. The molecule has 0 saturated carbocycles.